The van der Waals surface area contributed by atoms with E-state index in [9.17, 15) is 4.79 Å². The Balaban J connectivity index is 1.55. The molecule has 0 heterocycles. The third-order valence-corrected chi connectivity index (χ3v) is 8.88. The number of carbonyl (C=O) groups excluding carboxylic acids is 1. The van der Waals surface area contributed by atoms with E-state index in [-0.39, 0.29) is 12.1 Å². The van der Waals surface area contributed by atoms with Gasteiger partial charge in [-0.1, -0.05) is 102 Å². The van der Waals surface area contributed by atoms with E-state index in [2.05, 4.69) is 68.2 Å². The summed E-state index contributed by atoms with van der Waals surface area (Å²) in [5, 5.41) is 4.14. The van der Waals surface area contributed by atoms with E-state index < -0.39 is 0 Å². The van der Waals surface area contributed by atoms with Gasteiger partial charge in [0.15, 0.2) is 0 Å². The number of benzene rings is 2. The molecule has 2 saturated carbocycles. The van der Waals surface area contributed by atoms with Gasteiger partial charge in [0.05, 0.1) is 0 Å². The molecule has 0 unspecified atom stereocenters. The standard InChI is InChI=1S/C32H45ClN2O/c1-22(2)29-11-8-12-30(23(3)4)31(29)34-32(36)35(21-24-13-17-27(33)18-14-24)28-19-15-26(16-20-28)25-9-6-5-7-10-25/h8,11-14,17-18,22-23,25-26,28H,5-7,9-10,15-16,19-21H2,1-4H3,(H,34,36)/t26-,28+. The number of anilines is 1. The molecule has 0 bridgehead atoms. The van der Waals surface area contributed by atoms with Gasteiger partial charge in [-0.3, -0.25) is 0 Å². The topological polar surface area (TPSA) is 32.3 Å². The monoisotopic (exact) mass is 508 g/mol. The SMILES string of the molecule is CC(C)c1cccc(C(C)C)c1NC(=O)N(Cc1ccc(Cl)cc1)[C@H]1CC[C@@H](C2CCCCC2)CC1. The summed E-state index contributed by atoms with van der Waals surface area (Å²) in [6.45, 7) is 9.42. The fourth-order valence-corrected chi connectivity index (χ4v) is 6.64. The van der Waals surface area contributed by atoms with E-state index in [1.807, 2.05) is 12.1 Å². The molecule has 2 aliphatic rings. The molecule has 1 N–H and O–H groups in total. The Kier molecular flexibility index (Phi) is 9.39. The minimum Gasteiger partial charge on any atom is -0.317 e. The molecule has 36 heavy (non-hydrogen) atoms. The van der Waals surface area contributed by atoms with Gasteiger partial charge in [0.1, 0.15) is 0 Å². The Morgan fingerprint density at radius 1 is 0.833 bits per heavy atom. The summed E-state index contributed by atoms with van der Waals surface area (Å²) >= 11 is 6.16. The highest BCUT2D eigenvalue weighted by atomic mass is 35.5. The van der Waals surface area contributed by atoms with Gasteiger partial charge in [-0.2, -0.15) is 0 Å². The van der Waals surface area contributed by atoms with Gasteiger partial charge < -0.3 is 10.2 Å². The average molecular weight is 509 g/mol. The average Bonchev–Trinajstić information content (AvgIpc) is 2.88. The molecule has 0 radical (unpaired) electrons. The number of para-hydroxylation sites is 1. The third kappa shape index (κ3) is 6.65. The molecule has 0 saturated heterocycles. The molecule has 0 aromatic heterocycles. The molecule has 0 aliphatic heterocycles. The lowest BCUT2D eigenvalue weighted by molar-refractivity contribution is 0.120. The Morgan fingerprint density at radius 3 is 1.94 bits per heavy atom. The molecule has 2 amide bonds. The van der Waals surface area contributed by atoms with Crippen molar-refractivity contribution in [2.24, 2.45) is 11.8 Å². The molecule has 2 aromatic carbocycles. The number of nitrogens with one attached hydrogen (secondary N) is 1. The van der Waals surface area contributed by atoms with Crippen LogP contribution in [0, 0.1) is 11.8 Å². The fraction of sp³-hybridized carbons (Fsp3) is 0.594. The van der Waals surface area contributed by atoms with Crippen LogP contribution >= 0.6 is 11.6 Å². The highest BCUT2D eigenvalue weighted by molar-refractivity contribution is 6.30. The van der Waals surface area contributed by atoms with Gasteiger partial charge in [-0.05, 0) is 78.2 Å². The van der Waals surface area contributed by atoms with Gasteiger partial charge >= 0.3 is 6.03 Å². The second-order valence-electron chi connectivity index (χ2n) is 11.8. The molecule has 3 nitrogen and oxygen atoms in total. The zero-order chi connectivity index (χ0) is 25.7. The highest BCUT2D eigenvalue weighted by Crippen LogP contribution is 2.40. The first kappa shape index (κ1) is 27.0. The number of hydrogen-bond donors (Lipinski definition) is 1. The maximum atomic E-state index is 14.0. The first-order chi connectivity index (χ1) is 17.3. The summed E-state index contributed by atoms with van der Waals surface area (Å²) in [4.78, 5) is 16.1. The van der Waals surface area contributed by atoms with Crippen LogP contribution in [-0.2, 0) is 6.54 Å². The zero-order valence-corrected chi connectivity index (χ0v) is 23.5. The van der Waals surface area contributed by atoms with Crippen molar-refractivity contribution in [1.82, 2.24) is 4.90 Å². The van der Waals surface area contributed by atoms with Crippen LogP contribution in [0.5, 0.6) is 0 Å². The van der Waals surface area contributed by atoms with Gasteiger partial charge in [0, 0.05) is 23.3 Å². The van der Waals surface area contributed by atoms with Crippen molar-refractivity contribution < 1.29 is 4.79 Å². The van der Waals surface area contributed by atoms with Crippen molar-refractivity contribution in [3.8, 4) is 0 Å². The lowest BCUT2D eigenvalue weighted by Gasteiger charge is -2.40. The molecule has 0 spiro atoms. The smallest absolute Gasteiger partial charge is 0.317 e. The number of rotatable bonds is 7. The second kappa shape index (κ2) is 12.5. The summed E-state index contributed by atoms with van der Waals surface area (Å²) < 4.78 is 0. The van der Waals surface area contributed by atoms with Crippen LogP contribution in [0.15, 0.2) is 42.5 Å². The number of halogens is 1. The van der Waals surface area contributed by atoms with Crippen molar-refractivity contribution in [3.63, 3.8) is 0 Å². The van der Waals surface area contributed by atoms with E-state index in [1.165, 1.54) is 56.1 Å². The first-order valence-electron chi connectivity index (χ1n) is 14.3. The maximum absolute atomic E-state index is 14.0. The number of carbonyl (C=O) groups is 1. The normalized spacial score (nSPS) is 21.1. The van der Waals surface area contributed by atoms with Gasteiger partial charge in [0.2, 0.25) is 0 Å². The zero-order valence-electron chi connectivity index (χ0n) is 22.7. The maximum Gasteiger partial charge on any atom is 0.322 e. The number of nitrogens with zero attached hydrogens (tertiary/aromatic N) is 1. The van der Waals surface area contributed by atoms with Crippen LogP contribution in [0.3, 0.4) is 0 Å². The van der Waals surface area contributed by atoms with Crippen molar-refractivity contribution in [2.45, 2.75) is 110 Å². The minimum atomic E-state index is 0.0288. The molecule has 2 fully saturated rings. The predicted octanol–water partition coefficient (Wildman–Crippen LogP) is 9.76. The van der Waals surface area contributed by atoms with Crippen LogP contribution in [-0.4, -0.2) is 17.0 Å². The molecular weight excluding hydrogens is 464 g/mol. The van der Waals surface area contributed by atoms with Crippen LogP contribution in [0.4, 0.5) is 10.5 Å². The summed E-state index contributed by atoms with van der Waals surface area (Å²) in [5.41, 5.74) is 4.55. The molecular formula is C32H45ClN2O. The Labute approximate surface area is 224 Å². The third-order valence-electron chi connectivity index (χ3n) is 8.63. The van der Waals surface area contributed by atoms with Gasteiger partial charge in [-0.25, -0.2) is 4.79 Å². The van der Waals surface area contributed by atoms with Crippen LogP contribution in [0.25, 0.3) is 0 Å². The van der Waals surface area contributed by atoms with E-state index in [0.29, 0.717) is 18.4 Å². The van der Waals surface area contributed by atoms with Gasteiger partial charge in [-0.15, -0.1) is 0 Å². The summed E-state index contributed by atoms with van der Waals surface area (Å²) in [6, 6.07) is 14.7. The number of hydrogen-bond acceptors (Lipinski definition) is 1. The summed E-state index contributed by atoms with van der Waals surface area (Å²) in [6.07, 6.45) is 11.8. The lowest BCUT2D eigenvalue weighted by Crippen LogP contribution is -2.45. The van der Waals surface area contributed by atoms with E-state index in [1.54, 1.807) is 0 Å². The molecule has 0 atom stereocenters. The van der Waals surface area contributed by atoms with Crippen molar-refractivity contribution in [3.05, 3.63) is 64.2 Å². The number of amides is 2. The van der Waals surface area contributed by atoms with Crippen molar-refractivity contribution >= 4 is 23.3 Å². The molecule has 4 heteroatoms. The second-order valence-corrected chi connectivity index (χ2v) is 12.2. The van der Waals surface area contributed by atoms with Crippen LogP contribution in [0.1, 0.15) is 114 Å². The Morgan fingerprint density at radius 2 is 1.39 bits per heavy atom. The van der Waals surface area contributed by atoms with Crippen LogP contribution in [0.2, 0.25) is 5.02 Å². The van der Waals surface area contributed by atoms with E-state index in [4.69, 9.17) is 11.6 Å². The molecule has 196 valence electrons. The minimum absolute atomic E-state index is 0.0288. The first-order valence-corrected chi connectivity index (χ1v) is 14.7. The lowest BCUT2D eigenvalue weighted by atomic mass is 9.72. The highest BCUT2D eigenvalue weighted by Gasteiger charge is 2.33. The molecule has 4 rings (SSSR count). The van der Waals surface area contributed by atoms with E-state index >= 15 is 0 Å². The molecule has 2 aromatic rings. The van der Waals surface area contributed by atoms with E-state index in [0.717, 1.165) is 41.0 Å². The summed E-state index contributed by atoms with van der Waals surface area (Å²) in [7, 11) is 0. The van der Waals surface area contributed by atoms with Crippen molar-refractivity contribution in [1.29, 1.82) is 0 Å². The van der Waals surface area contributed by atoms with Crippen LogP contribution < -0.4 is 5.32 Å². The predicted molar refractivity (Wildman–Crippen MR) is 153 cm³/mol. The number of urea groups is 1. The van der Waals surface area contributed by atoms with Crippen molar-refractivity contribution in [2.75, 3.05) is 5.32 Å². The van der Waals surface area contributed by atoms with Gasteiger partial charge in [0.25, 0.3) is 0 Å². The Bertz CT molecular complexity index is 959. The summed E-state index contributed by atoms with van der Waals surface area (Å²) in [5.74, 6) is 2.44. The molecule has 2 aliphatic carbocycles. The quantitative estimate of drug-likeness (QED) is 0.396. The largest absolute Gasteiger partial charge is 0.322 e. The Hall–Kier alpha value is -2.00. The fourth-order valence-electron chi connectivity index (χ4n) is 6.52.